The molecule has 0 spiro atoms. The molecule has 1 nitrogen and oxygen atoms in total. The topological polar surface area (TPSA) is 20.2 Å². The van der Waals surface area contributed by atoms with Crippen molar-refractivity contribution in [3.63, 3.8) is 0 Å². The Hall–Kier alpha value is -0.730. The molecule has 0 amide bonds. The van der Waals surface area contributed by atoms with Gasteiger partial charge in [-0.3, -0.25) is 0 Å². The zero-order chi connectivity index (χ0) is 11.3. The number of thioether (sulfide) groups is 1. The van der Waals surface area contributed by atoms with E-state index < -0.39 is 0 Å². The number of benzene rings is 1. The van der Waals surface area contributed by atoms with Gasteiger partial charge in [0, 0.05) is 9.64 Å². The molecule has 0 aliphatic carbocycles. The van der Waals surface area contributed by atoms with Crippen LogP contribution in [-0.2, 0) is 0 Å². The zero-order valence-corrected chi connectivity index (χ0v) is 10.1. The summed E-state index contributed by atoms with van der Waals surface area (Å²) >= 11 is 1.70. The summed E-state index contributed by atoms with van der Waals surface area (Å²) < 4.78 is -0.185. The third-order valence-corrected chi connectivity index (χ3v) is 3.62. The first-order chi connectivity index (χ1) is 7.06. The quantitative estimate of drug-likeness (QED) is 0.608. The molecule has 1 atom stereocenters. The fourth-order valence-corrected chi connectivity index (χ4v) is 2.43. The number of hydrogen-bond donors (Lipinski definition) is 1. The van der Waals surface area contributed by atoms with Crippen molar-refractivity contribution in [2.24, 2.45) is 0 Å². The molecule has 1 N–H and O–H groups in total. The molecule has 0 aromatic heterocycles. The van der Waals surface area contributed by atoms with Gasteiger partial charge in [0.05, 0.1) is 6.10 Å². The first-order valence-electron chi connectivity index (χ1n) is 5.09. The van der Waals surface area contributed by atoms with Crippen molar-refractivity contribution in [2.75, 3.05) is 0 Å². The first-order valence-corrected chi connectivity index (χ1v) is 5.91. The summed E-state index contributed by atoms with van der Waals surface area (Å²) in [5.74, 6) is 0. The Morgan fingerprint density at radius 1 is 1.40 bits per heavy atom. The molecule has 1 aromatic rings. The molecule has 1 unspecified atom stereocenters. The molecule has 0 saturated heterocycles. The fourth-order valence-electron chi connectivity index (χ4n) is 1.30. The van der Waals surface area contributed by atoms with Crippen LogP contribution in [0.4, 0.5) is 0 Å². The Morgan fingerprint density at radius 2 is 2.00 bits per heavy atom. The van der Waals surface area contributed by atoms with E-state index in [1.165, 1.54) is 4.90 Å². The van der Waals surface area contributed by atoms with Gasteiger partial charge in [-0.1, -0.05) is 24.3 Å². The predicted molar refractivity (Wildman–Crippen MR) is 67.2 cm³/mol. The molecule has 0 fully saturated rings. The maximum atomic E-state index is 9.95. The second-order valence-electron chi connectivity index (χ2n) is 4.06. The van der Waals surface area contributed by atoms with Crippen molar-refractivity contribution in [2.45, 2.75) is 36.0 Å². The Labute approximate surface area is 96.2 Å². The molecule has 15 heavy (non-hydrogen) atoms. The largest absolute Gasteiger partial charge is 0.391 e. The predicted octanol–water partition coefficient (Wildman–Crippen LogP) is 3.49. The zero-order valence-electron chi connectivity index (χ0n) is 9.31. The van der Waals surface area contributed by atoms with E-state index in [9.17, 15) is 5.11 Å². The molecule has 0 aliphatic heterocycles. The summed E-state index contributed by atoms with van der Waals surface area (Å²) in [6.45, 7) is 7.76. The van der Waals surface area contributed by atoms with E-state index in [0.29, 0.717) is 6.42 Å². The monoisotopic (exact) mass is 222 g/mol. The van der Waals surface area contributed by atoms with Gasteiger partial charge >= 0.3 is 0 Å². The number of hydrogen-bond acceptors (Lipinski definition) is 2. The van der Waals surface area contributed by atoms with Crippen LogP contribution >= 0.6 is 11.8 Å². The fraction of sp³-hybridized carbons (Fsp3) is 0.385. The maximum absolute atomic E-state index is 9.95. The van der Waals surface area contributed by atoms with E-state index in [0.717, 1.165) is 0 Å². The third-order valence-electron chi connectivity index (χ3n) is 2.32. The number of rotatable bonds is 5. The van der Waals surface area contributed by atoms with Gasteiger partial charge in [-0.05, 0) is 32.4 Å². The SMILES string of the molecule is C=CCC(O)C(C)(C)Sc1ccccc1. The van der Waals surface area contributed by atoms with Gasteiger partial charge in [0.2, 0.25) is 0 Å². The lowest BCUT2D eigenvalue weighted by atomic mass is 10.0. The molecule has 2 heteroatoms. The summed E-state index contributed by atoms with van der Waals surface area (Å²) in [7, 11) is 0. The van der Waals surface area contributed by atoms with Crippen LogP contribution in [0.3, 0.4) is 0 Å². The molecule has 0 radical (unpaired) electrons. The van der Waals surface area contributed by atoms with Gasteiger partial charge in [-0.2, -0.15) is 0 Å². The minimum Gasteiger partial charge on any atom is -0.391 e. The van der Waals surface area contributed by atoms with E-state index >= 15 is 0 Å². The van der Waals surface area contributed by atoms with Crippen LogP contribution in [0, 0.1) is 0 Å². The first kappa shape index (κ1) is 12.3. The Bertz CT molecular complexity index is 306. The average molecular weight is 222 g/mol. The number of aliphatic hydroxyl groups excluding tert-OH is 1. The summed E-state index contributed by atoms with van der Waals surface area (Å²) in [5, 5.41) is 9.95. The van der Waals surface area contributed by atoms with Gasteiger partial charge < -0.3 is 5.11 Å². The maximum Gasteiger partial charge on any atom is 0.0719 e. The molecular weight excluding hydrogens is 204 g/mol. The minimum atomic E-state index is -0.361. The lowest BCUT2D eigenvalue weighted by Crippen LogP contribution is -2.32. The highest BCUT2D eigenvalue weighted by Gasteiger charge is 2.27. The second-order valence-corrected chi connectivity index (χ2v) is 5.79. The Morgan fingerprint density at radius 3 is 2.53 bits per heavy atom. The van der Waals surface area contributed by atoms with Gasteiger partial charge in [0.1, 0.15) is 0 Å². The van der Waals surface area contributed by atoms with Crippen molar-refractivity contribution in [3.8, 4) is 0 Å². The molecule has 0 bridgehead atoms. The van der Waals surface area contributed by atoms with Crippen LogP contribution < -0.4 is 0 Å². The van der Waals surface area contributed by atoms with Crippen molar-refractivity contribution in [1.82, 2.24) is 0 Å². The van der Waals surface area contributed by atoms with Gasteiger partial charge in [0.15, 0.2) is 0 Å². The van der Waals surface area contributed by atoms with Crippen LogP contribution in [-0.4, -0.2) is 16.0 Å². The third kappa shape index (κ3) is 3.73. The lowest BCUT2D eigenvalue weighted by molar-refractivity contribution is 0.145. The van der Waals surface area contributed by atoms with Crippen LogP contribution in [0.5, 0.6) is 0 Å². The van der Waals surface area contributed by atoms with E-state index in [-0.39, 0.29) is 10.9 Å². The molecule has 0 saturated carbocycles. The summed E-state index contributed by atoms with van der Waals surface area (Å²) in [6.07, 6.45) is 2.03. The van der Waals surface area contributed by atoms with Crippen molar-refractivity contribution in [3.05, 3.63) is 43.0 Å². The summed E-state index contributed by atoms with van der Waals surface area (Å²) in [6, 6.07) is 10.1. The van der Waals surface area contributed by atoms with Crippen molar-refractivity contribution in [1.29, 1.82) is 0 Å². The van der Waals surface area contributed by atoms with E-state index in [1.807, 2.05) is 18.2 Å². The second kappa shape index (κ2) is 5.38. The molecule has 0 aliphatic rings. The van der Waals surface area contributed by atoms with Crippen LogP contribution in [0.2, 0.25) is 0 Å². The standard InChI is InChI=1S/C13H18OS/c1-4-8-12(14)13(2,3)15-11-9-6-5-7-10-11/h4-7,9-10,12,14H,1,8H2,2-3H3. The van der Waals surface area contributed by atoms with Crippen molar-refractivity contribution >= 4 is 11.8 Å². The lowest BCUT2D eigenvalue weighted by Gasteiger charge is -2.29. The molecule has 0 heterocycles. The van der Waals surface area contributed by atoms with Crippen LogP contribution in [0.15, 0.2) is 47.9 Å². The minimum absolute atomic E-state index is 0.185. The smallest absolute Gasteiger partial charge is 0.0719 e. The number of aliphatic hydroxyl groups is 1. The van der Waals surface area contributed by atoms with Gasteiger partial charge in [-0.25, -0.2) is 0 Å². The van der Waals surface area contributed by atoms with E-state index in [1.54, 1.807) is 17.8 Å². The van der Waals surface area contributed by atoms with Gasteiger partial charge in [0.25, 0.3) is 0 Å². The van der Waals surface area contributed by atoms with Crippen molar-refractivity contribution < 1.29 is 5.11 Å². The molecule has 82 valence electrons. The average Bonchev–Trinajstić information content (AvgIpc) is 2.19. The van der Waals surface area contributed by atoms with Gasteiger partial charge in [-0.15, -0.1) is 18.3 Å². The van der Waals surface area contributed by atoms with E-state index in [4.69, 9.17) is 0 Å². The molecule has 1 aromatic carbocycles. The Kier molecular flexibility index (Phi) is 4.43. The summed E-state index contributed by atoms with van der Waals surface area (Å²) in [5.41, 5.74) is 0. The highest BCUT2D eigenvalue weighted by molar-refractivity contribution is 8.00. The normalized spacial score (nSPS) is 13.5. The van der Waals surface area contributed by atoms with Crippen LogP contribution in [0.1, 0.15) is 20.3 Å². The highest BCUT2D eigenvalue weighted by atomic mass is 32.2. The molecule has 1 rings (SSSR count). The van der Waals surface area contributed by atoms with Crippen LogP contribution in [0.25, 0.3) is 0 Å². The highest BCUT2D eigenvalue weighted by Crippen LogP contribution is 2.35. The molecular formula is C13H18OS. The van der Waals surface area contributed by atoms with E-state index in [2.05, 4.69) is 32.6 Å². The summed E-state index contributed by atoms with van der Waals surface area (Å²) in [4.78, 5) is 1.19. The Balaban J connectivity index is 2.67.